The lowest BCUT2D eigenvalue weighted by Crippen LogP contribution is -2.28. The van der Waals surface area contributed by atoms with Crippen LogP contribution in [0.1, 0.15) is 48.6 Å². The van der Waals surface area contributed by atoms with Crippen LogP contribution in [0.15, 0.2) is 243 Å². The molecule has 0 heterocycles. The van der Waals surface area contributed by atoms with E-state index in [1.165, 1.54) is 88.8 Å². The molecule has 64 heavy (non-hydrogen) atoms. The molecule has 0 amide bonds. The van der Waals surface area contributed by atoms with Crippen molar-refractivity contribution in [1.82, 2.24) is 0 Å². The zero-order valence-electron chi connectivity index (χ0n) is 36.5. The summed E-state index contributed by atoms with van der Waals surface area (Å²) in [5.74, 6) is 0. The van der Waals surface area contributed by atoms with Crippen molar-refractivity contribution in [2.45, 2.75) is 31.6 Å². The molecule has 10 aromatic rings. The molecule has 1 aliphatic carbocycles. The maximum atomic E-state index is 2.59. The molecule has 0 bridgehead atoms. The van der Waals surface area contributed by atoms with Gasteiger partial charge >= 0.3 is 0 Å². The molecule has 0 N–H and O–H groups in total. The Balaban J connectivity index is 1.24. The van der Waals surface area contributed by atoms with E-state index in [9.17, 15) is 0 Å². The minimum atomic E-state index is -0.562. The van der Waals surface area contributed by atoms with Crippen molar-refractivity contribution >= 4 is 27.8 Å². The highest BCUT2D eigenvalue weighted by Crippen LogP contribution is 2.61. The first-order chi connectivity index (χ1) is 31.4. The Bertz CT molecular complexity index is 3230. The molecule has 0 radical (unpaired) electrons. The number of fused-ring (bicyclic) bond motifs is 4. The molecule has 1 nitrogen and oxygen atoms in total. The fraction of sp³-hybridized carbons (Fsp3) is 0.0794. The molecule has 306 valence electrons. The second-order valence-electron chi connectivity index (χ2n) is 18.0. The SMILES string of the molecule is CC(C)(C)c1cc(-c2ccccc2)ccc1N(c1ccc(-c2ccccc2-c2ccccc2)cc1)c1c2c(cc3ccccc13)C(c1ccccc1)(c1ccccc1)c1ccccc1-2. The van der Waals surface area contributed by atoms with E-state index < -0.39 is 5.41 Å². The Morgan fingerprint density at radius 1 is 0.375 bits per heavy atom. The molecule has 0 fully saturated rings. The normalized spacial score (nSPS) is 12.7. The second kappa shape index (κ2) is 15.9. The summed E-state index contributed by atoms with van der Waals surface area (Å²) in [7, 11) is 0. The molecule has 1 heteroatoms. The minimum Gasteiger partial charge on any atom is -0.309 e. The van der Waals surface area contributed by atoms with Crippen LogP contribution in [-0.2, 0) is 10.8 Å². The highest BCUT2D eigenvalue weighted by Gasteiger charge is 2.48. The molecule has 0 spiro atoms. The Morgan fingerprint density at radius 3 is 1.47 bits per heavy atom. The van der Waals surface area contributed by atoms with E-state index >= 15 is 0 Å². The van der Waals surface area contributed by atoms with Crippen molar-refractivity contribution in [2.24, 2.45) is 0 Å². The predicted octanol–water partition coefficient (Wildman–Crippen LogP) is 17.0. The summed E-state index contributed by atoms with van der Waals surface area (Å²) in [6.07, 6.45) is 0. The highest BCUT2D eigenvalue weighted by molar-refractivity contribution is 6.11. The molecular weight excluding hydrogens is 771 g/mol. The number of nitrogens with zero attached hydrogens (tertiary/aromatic N) is 1. The van der Waals surface area contributed by atoms with Crippen LogP contribution in [0.3, 0.4) is 0 Å². The van der Waals surface area contributed by atoms with Gasteiger partial charge in [0.1, 0.15) is 0 Å². The molecule has 0 aromatic heterocycles. The molecular formula is C63H49N. The van der Waals surface area contributed by atoms with Crippen molar-refractivity contribution < 1.29 is 0 Å². The maximum absolute atomic E-state index is 2.59. The Hall–Kier alpha value is -7.74. The van der Waals surface area contributed by atoms with E-state index in [1.54, 1.807) is 0 Å². The third-order valence-electron chi connectivity index (χ3n) is 13.3. The van der Waals surface area contributed by atoms with Crippen molar-refractivity contribution in [3.05, 3.63) is 270 Å². The van der Waals surface area contributed by atoms with Crippen LogP contribution >= 0.6 is 0 Å². The number of rotatable bonds is 8. The second-order valence-corrected chi connectivity index (χ2v) is 18.0. The van der Waals surface area contributed by atoms with Gasteiger partial charge in [-0.05, 0) is 108 Å². The number of hydrogen-bond acceptors (Lipinski definition) is 1. The average molecular weight is 820 g/mol. The van der Waals surface area contributed by atoms with Crippen LogP contribution in [0, 0.1) is 0 Å². The number of benzene rings is 10. The molecule has 0 unspecified atom stereocenters. The van der Waals surface area contributed by atoms with Crippen LogP contribution in [0.25, 0.3) is 55.3 Å². The van der Waals surface area contributed by atoms with Crippen LogP contribution < -0.4 is 4.90 Å². The maximum Gasteiger partial charge on any atom is 0.0714 e. The molecule has 0 saturated carbocycles. The van der Waals surface area contributed by atoms with Crippen LogP contribution in [0.4, 0.5) is 17.1 Å². The van der Waals surface area contributed by atoms with E-state index in [2.05, 4.69) is 268 Å². The highest BCUT2D eigenvalue weighted by atomic mass is 15.2. The smallest absolute Gasteiger partial charge is 0.0714 e. The molecule has 0 saturated heterocycles. The van der Waals surface area contributed by atoms with Gasteiger partial charge in [-0.3, -0.25) is 0 Å². The summed E-state index contributed by atoms with van der Waals surface area (Å²) >= 11 is 0. The standard InChI is InChI=1S/C63H49N/c1-62(2,3)57-42-47(44-22-8-4-9-23-44)38-41-59(57)64(51-39-36-46(37-40-51)53-32-19-18-31-52(53)45-24-10-5-11-25-45)61-54-33-17-16-26-48(54)43-58-60(61)55-34-20-21-35-56(55)63(58,49-27-12-6-13-28-49)50-29-14-7-15-30-50/h4-43H,1-3H3. The molecule has 10 aromatic carbocycles. The van der Waals surface area contributed by atoms with Gasteiger partial charge in [0.2, 0.25) is 0 Å². The monoisotopic (exact) mass is 819 g/mol. The zero-order chi connectivity index (χ0) is 43.3. The molecule has 11 rings (SSSR count). The lowest BCUT2D eigenvalue weighted by molar-refractivity contribution is 0.591. The van der Waals surface area contributed by atoms with Gasteiger partial charge in [0.05, 0.1) is 11.1 Å². The van der Waals surface area contributed by atoms with Gasteiger partial charge < -0.3 is 4.90 Å². The molecule has 0 atom stereocenters. The summed E-state index contributed by atoms with van der Waals surface area (Å²) in [5.41, 5.74) is 18.8. The van der Waals surface area contributed by atoms with Gasteiger partial charge in [-0.1, -0.05) is 233 Å². The first kappa shape index (κ1) is 39.1. The number of hydrogen-bond donors (Lipinski definition) is 0. The number of anilines is 3. The average Bonchev–Trinajstić information content (AvgIpc) is 3.65. The fourth-order valence-electron chi connectivity index (χ4n) is 10.4. The van der Waals surface area contributed by atoms with Gasteiger partial charge in [0, 0.05) is 22.3 Å². The summed E-state index contributed by atoms with van der Waals surface area (Å²) in [6, 6.07) is 89.6. The summed E-state index contributed by atoms with van der Waals surface area (Å²) in [6.45, 7) is 7.04. The summed E-state index contributed by atoms with van der Waals surface area (Å²) in [4.78, 5) is 2.59. The third-order valence-corrected chi connectivity index (χ3v) is 13.3. The van der Waals surface area contributed by atoms with Crippen LogP contribution in [0.5, 0.6) is 0 Å². The van der Waals surface area contributed by atoms with Gasteiger partial charge in [0.15, 0.2) is 0 Å². The van der Waals surface area contributed by atoms with E-state index in [1.807, 2.05) is 0 Å². The third kappa shape index (κ3) is 6.47. The van der Waals surface area contributed by atoms with E-state index in [4.69, 9.17) is 0 Å². The van der Waals surface area contributed by atoms with E-state index in [-0.39, 0.29) is 5.41 Å². The Labute approximate surface area is 377 Å². The van der Waals surface area contributed by atoms with Crippen molar-refractivity contribution in [1.29, 1.82) is 0 Å². The van der Waals surface area contributed by atoms with Gasteiger partial charge in [-0.25, -0.2) is 0 Å². The Kier molecular flexibility index (Phi) is 9.70. The summed E-state index contributed by atoms with van der Waals surface area (Å²) < 4.78 is 0. The lowest BCUT2D eigenvalue weighted by atomic mass is 9.67. The largest absolute Gasteiger partial charge is 0.309 e. The molecule has 1 aliphatic rings. The van der Waals surface area contributed by atoms with Crippen molar-refractivity contribution in [3.8, 4) is 44.5 Å². The predicted molar refractivity (Wildman–Crippen MR) is 271 cm³/mol. The zero-order valence-corrected chi connectivity index (χ0v) is 36.5. The fourth-order valence-corrected chi connectivity index (χ4v) is 10.4. The van der Waals surface area contributed by atoms with Crippen molar-refractivity contribution in [3.63, 3.8) is 0 Å². The first-order valence-corrected chi connectivity index (χ1v) is 22.4. The van der Waals surface area contributed by atoms with Crippen molar-refractivity contribution in [2.75, 3.05) is 4.90 Å². The van der Waals surface area contributed by atoms with Crippen LogP contribution in [0.2, 0.25) is 0 Å². The van der Waals surface area contributed by atoms with Gasteiger partial charge in [-0.15, -0.1) is 0 Å². The topological polar surface area (TPSA) is 3.24 Å². The van der Waals surface area contributed by atoms with Gasteiger partial charge in [0.25, 0.3) is 0 Å². The Morgan fingerprint density at radius 2 is 0.859 bits per heavy atom. The molecule has 0 aliphatic heterocycles. The van der Waals surface area contributed by atoms with Gasteiger partial charge in [-0.2, -0.15) is 0 Å². The van der Waals surface area contributed by atoms with E-state index in [0.29, 0.717) is 0 Å². The lowest BCUT2D eigenvalue weighted by Gasteiger charge is -2.36. The quantitative estimate of drug-likeness (QED) is 0.148. The van der Waals surface area contributed by atoms with Crippen LogP contribution in [-0.4, -0.2) is 0 Å². The first-order valence-electron chi connectivity index (χ1n) is 22.4. The minimum absolute atomic E-state index is 0.198. The summed E-state index contributed by atoms with van der Waals surface area (Å²) in [5, 5.41) is 2.41. The van der Waals surface area contributed by atoms with E-state index in [0.717, 1.165) is 11.4 Å².